The van der Waals surface area contributed by atoms with E-state index in [9.17, 15) is 4.79 Å². The smallest absolute Gasteiger partial charge is 0.251 e. The maximum atomic E-state index is 11.7. The zero-order valence-electron chi connectivity index (χ0n) is 9.99. The third-order valence-corrected chi connectivity index (χ3v) is 3.12. The molecule has 2 atom stereocenters. The van der Waals surface area contributed by atoms with Gasteiger partial charge in [-0.2, -0.15) is 0 Å². The first-order chi connectivity index (χ1) is 7.06. The fourth-order valence-corrected chi connectivity index (χ4v) is 2.45. The van der Waals surface area contributed by atoms with Crippen LogP contribution in [0.25, 0.3) is 0 Å². The first kappa shape index (κ1) is 12.5. The summed E-state index contributed by atoms with van der Waals surface area (Å²) in [4.78, 5) is 13.9. The molecule has 4 heteroatoms. The van der Waals surface area contributed by atoms with Crippen LogP contribution in [0.2, 0.25) is 0 Å². The summed E-state index contributed by atoms with van der Waals surface area (Å²) in [6.45, 7) is 8.40. The molecule has 88 valence electrons. The lowest BCUT2D eigenvalue weighted by atomic mass is 9.94. The molecule has 1 amide bonds. The summed E-state index contributed by atoms with van der Waals surface area (Å²) in [5, 5.41) is 0. The number of hydrogen-bond acceptors (Lipinski definition) is 3. The Bertz CT molecular complexity index is 218. The number of nitrogens with zero attached hydrogens (tertiary/aromatic N) is 1. The van der Waals surface area contributed by atoms with E-state index in [0.29, 0.717) is 11.8 Å². The van der Waals surface area contributed by atoms with Crippen molar-refractivity contribution in [1.82, 2.24) is 10.3 Å². The molecule has 0 aromatic rings. The molecule has 1 saturated heterocycles. The summed E-state index contributed by atoms with van der Waals surface area (Å²) >= 11 is 0. The van der Waals surface area contributed by atoms with Gasteiger partial charge >= 0.3 is 0 Å². The summed E-state index contributed by atoms with van der Waals surface area (Å²) in [6, 6.07) is -0.0715. The first-order valence-electron chi connectivity index (χ1n) is 5.80. The fourth-order valence-electron chi connectivity index (χ4n) is 2.45. The first-order valence-corrected chi connectivity index (χ1v) is 5.80. The van der Waals surface area contributed by atoms with Gasteiger partial charge in [0.15, 0.2) is 0 Å². The summed E-state index contributed by atoms with van der Waals surface area (Å²) < 4.78 is 0. The van der Waals surface area contributed by atoms with Crippen molar-refractivity contribution in [2.24, 2.45) is 17.7 Å². The predicted molar refractivity (Wildman–Crippen MR) is 60.9 cm³/mol. The van der Waals surface area contributed by atoms with E-state index < -0.39 is 0 Å². The molecule has 0 aromatic heterocycles. The fraction of sp³-hybridized carbons (Fsp3) is 0.909. The lowest BCUT2D eigenvalue weighted by molar-refractivity contribution is -0.128. The minimum atomic E-state index is -0.0715. The van der Waals surface area contributed by atoms with Crippen molar-refractivity contribution in [3.05, 3.63) is 0 Å². The molecule has 1 aliphatic rings. The van der Waals surface area contributed by atoms with E-state index in [1.165, 1.54) is 12.8 Å². The Morgan fingerprint density at radius 3 is 2.67 bits per heavy atom. The van der Waals surface area contributed by atoms with Gasteiger partial charge in [-0.05, 0) is 31.2 Å². The standard InChI is InChI=1S/C11H23N3O/c1-8(2)10(11(15)13-12)14-6-4-5-9(3)7-14/h8-10H,4-7,12H2,1-3H3,(H,13,15)/t9-,10+/m1/s1. The SMILES string of the molecule is CC(C)[C@@H](C(=O)NN)N1CCC[C@@H](C)C1. The topological polar surface area (TPSA) is 58.4 Å². The molecule has 0 unspecified atom stereocenters. The number of hydrazine groups is 1. The second-order valence-corrected chi connectivity index (χ2v) is 4.94. The van der Waals surface area contributed by atoms with E-state index >= 15 is 0 Å². The highest BCUT2D eigenvalue weighted by atomic mass is 16.2. The van der Waals surface area contributed by atoms with E-state index in [2.05, 4.69) is 31.1 Å². The highest BCUT2D eigenvalue weighted by Crippen LogP contribution is 2.21. The van der Waals surface area contributed by atoms with Gasteiger partial charge in [-0.15, -0.1) is 0 Å². The maximum absolute atomic E-state index is 11.7. The zero-order valence-corrected chi connectivity index (χ0v) is 9.99. The van der Waals surface area contributed by atoms with Crippen LogP contribution in [0.4, 0.5) is 0 Å². The molecule has 0 bridgehead atoms. The molecule has 0 aromatic carbocycles. The third-order valence-electron chi connectivity index (χ3n) is 3.12. The van der Waals surface area contributed by atoms with Gasteiger partial charge in [-0.1, -0.05) is 20.8 Å². The third kappa shape index (κ3) is 3.18. The van der Waals surface area contributed by atoms with Crippen LogP contribution in [0, 0.1) is 11.8 Å². The zero-order chi connectivity index (χ0) is 11.4. The van der Waals surface area contributed by atoms with Crippen LogP contribution in [-0.4, -0.2) is 29.9 Å². The second kappa shape index (κ2) is 5.47. The number of hydrogen-bond donors (Lipinski definition) is 2. The van der Waals surface area contributed by atoms with Crippen LogP contribution < -0.4 is 11.3 Å². The normalized spacial score (nSPS) is 25.3. The minimum Gasteiger partial charge on any atom is -0.293 e. The number of nitrogens with two attached hydrogens (primary N) is 1. The second-order valence-electron chi connectivity index (χ2n) is 4.94. The Morgan fingerprint density at radius 1 is 1.53 bits per heavy atom. The Hall–Kier alpha value is -0.610. The molecule has 15 heavy (non-hydrogen) atoms. The minimum absolute atomic E-state index is 0.0564. The van der Waals surface area contributed by atoms with Crippen LogP contribution in [0.15, 0.2) is 0 Å². The average Bonchev–Trinajstić information content (AvgIpc) is 2.17. The van der Waals surface area contributed by atoms with Crippen molar-refractivity contribution in [3.63, 3.8) is 0 Å². The largest absolute Gasteiger partial charge is 0.293 e. The molecular weight excluding hydrogens is 190 g/mol. The van der Waals surface area contributed by atoms with Crippen molar-refractivity contribution in [3.8, 4) is 0 Å². The van der Waals surface area contributed by atoms with E-state index in [1.807, 2.05) is 0 Å². The number of nitrogens with one attached hydrogen (secondary N) is 1. The van der Waals surface area contributed by atoms with Gasteiger partial charge in [0.2, 0.25) is 0 Å². The molecule has 3 N–H and O–H groups in total. The number of piperidine rings is 1. The summed E-state index contributed by atoms with van der Waals surface area (Å²) in [5.41, 5.74) is 2.28. The molecule has 4 nitrogen and oxygen atoms in total. The maximum Gasteiger partial charge on any atom is 0.251 e. The van der Waals surface area contributed by atoms with Crippen molar-refractivity contribution >= 4 is 5.91 Å². The number of carbonyl (C=O) groups excluding carboxylic acids is 1. The lowest BCUT2D eigenvalue weighted by Crippen LogP contribution is -2.54. The van der Waals surface area contributed by atoms with E-state index in [4.69, 9.17) is 5.84 Å². The Morgan fingerprint density at radius 2 is 2.20 bits per heavy atom. The highest BCUT2D eigenvalue weighted by Gasteiger charge is 2.30. The summed E-state index contributed by atoms with van der Waals surface area (Å²) in [7, 11) is 0. The van der Waals surface area contributed by atoms with Crippen molar-refractivity contribution in [2.75, 3.05) is 13.1 Å². The van der Waals surface area contributed by atoms with E-state index in [0.717, 1.165) is 13.1 Å². The Labute approximate surface area is 92.2 Å². The summed E-state index contributed by atoms with van der Waals surface area (Å²) in [6.07, 6.45) is 2.45. The monoisotopic (exact) mass is 213 g/mol. The summed E-state index contributed by atoms with van der Waals surface area (Å²) in [5.74, 6) is 6.16. The number of amides is 1. The predicted octanol–water partition coefficient (Wildman–Crippen LogP) is 0.733. The van der Waals surface area contributed by atoms with Gasteiger partial charge in [0, 0.05) is 6.54 Å². The molecule has 0 saturated carbocycles. The van der Waals surface area contributed by atoms with Crippen molar-refractivity contribution in [2.45, 2.75) is 39.7 Å². The van der Waals surface area contributed by atoms with Crippen LogP contribution in [0.3, 0.4) is 0 Å². The van der Waals surface area contributed by atoms with Crippen LogP contribution in [-0.2, 0) is 4.79 Å². The van der Waals surface area contributed by atoms with Gasteiger partial charge in [0.05, 0.1) is 6.04 Å². The van der Waals surface area contributed by atoms with Crippen LogP contribution in [0.5, 0.6) is 0 Å². The van der Waals surface area contributed by atoms with Gasteiger partial charge in [-0.25, -0.2) is 5.84 Å². The average molecular weight is 213 g/mol. The molecule has 1 rings (SSSR count). The molecule has 0 radical (unpaired) electrons. The van der Waals surface area contributed by atoms with Crippen molar-refractivity contribution in [1.29, 1.82) is 0 Å². The number of likely N-dealkylation sites (tertiary alicyclic amines) is 1. The molecule has 0 spiro atoms. The van der Waals surface area contributed by atoms with Gasteiger partial charge in [-0.3, -0.25) is 15.1 Å². The van der Waals surface area contributed by atoms with Crippen LogP contribution >= 0.6 is 0 Å². The molecular formula is C11H23N3O. The molecule has 1 heterocycles. The Kier molecular flexibility index (Phi) is 4.54. The molecule has 1 fully saturated rings. The number of carbonyl (C=O) groups is 1. The van der Waals surface area contributed by atoms with Gasteiger partial charge < -0.3 is 0 Å². The highest BCUT2D eigenvalue weighted by molar-refractivity contribution is 5.81. The van der Waals surface area contributed by atoms with E-state index in [-0.39, 0.29) is 11.9 Å². The quantitative estimate of drug-likeness (QED) is 0.413. The Balaban J connectivity index is 2.66. The van der Waals surface area contributed by atoms with E-state index in [1.54, 1.807) is 0 Å². The molecule has 1 aliphatic heterocycles. The molecule has 0 aliphatic carbocycles. The number of rotatable bonds is 3. The van der Waals surface area contributed by atoms with Gasteiger partial charge in [0.1, 0.15) is 0 Å². The van der Waals surface area contributed by atoms with Crippen molar-refractivity contribution < 1.29 is 4.79 Å². The van der Waals surface area contributed by atoms with Crippen LogP contribution in [0.1, 0.15) is 33.6 Å². The lowest BCUT2D eigenvalue weighted by Gasteiger charge is -2.37. The van der Waals surface area contributed by atoms with Gasteiger partial charge in [0.25, 0.3) is 5.91 Å².